The third-order valence-electron chi connectivity index (χ3n) is 4.16. The molecule has 1 heterocycles. The van der Waals surface area contributed by atoms with E-state index in [-0.39, 0.29) is 11.4 Å². The van der Waals surface area contributed by atoms with Gasteiger partial charge in [0.2, 0.25) is 11.6 Å². The second-order valence-electron chi connectivity index (χ2n) is 6.41. The summed E-state index contributed by atoms with van der Waals surface area (Å²) in [5.74, 6) is -4.51. The van der Waals surface area contributed by atoms with E-state index in [1.807, 2.05) is 0 Å². The third kappa shape index (κ3) is 3.39. The zero-order valence-corrected chi connectivity index (χ0v) is 16.2. The molecular weight excluding hydrogens is 425 g/mol. The maximum atomic E-state index is 13.3. The normalized spacial score (nSPS) is 11.7. The highest BCUT2D eigenvalue weighted by Gasteiger charge is 2.38. The monoisotopic (exact) mass is 439 g/mol. The van der Waals surface area contributed by atoms with Gasteiger partial charge in [0, 0.05) is 5.56 Å². The molecule has 0 aliphatic heterocycles. The van der Waals surface area contributed by atoms with Crippen molar-refractivity contribution < 1.29 is 37.6 Å². The van der Waals surface area contributed by atoms with E-state index in [0.29, 0.717) is 0 Å². The van der Waals surface area contributed by atoms with E-state index in [1.165, 1.54) is 19.9 Å². The minimum Gasteiger partial charge on any atom is -0.505 e. The van der Waals surface area contributed by atoms with Crippen molar-refractivity contribution >= 4 is 15.5 Å². The highest BCUT2D eigenvalue weighted by Crippen LogP contribution is 2.46. The first kappa shape index (κ1) is 21.0. The van der Waals surface area contributed by atoms with Crippen LogP contribution in [-0.2, 0) is 9.84 Å². The van der Waals surface area contributed by atoms with Crippen LogP contribution in [0.15, 0.2) is 33.7 Å². The lowest BCUT2D eigenvalue weighted by molar-refractivity contribution is -0.388. The molecule has 3 N–H and O–H groups in total. The van der Waals surface area contributed by atoms with E-state index in [4.69, 9.17) is 4.52 Å². The lowest BCUT2D eigenvalue weighted by Crippen LogP contribution is -2.17. The van der Waals surface area contributed by atoms with Crippen LogP contribution < -0.4 is 0 Å². The van der Waals surface area contributed by atoms with Gasteiger partial charge in [0.25, 0.3) is 5.89 Å². The van der Waals surface area contributed by atoms with E-state index in [2.05, 4.69) is 10.1 Å². The summed E-state index contributed by atoms with van der Waals surface area (Å²) in [6.07, 6.45) is 0. The Kier molecular flexibility index (Phi) is 5.08. The van der Waals surface area contributed by atoms with E-state index in [0.717, 1.165) is 18.2 Å². The first-order valence-corrected chi connectivity index (χ1v) is 9.80. The van der Waals surface area contributed by atoms with Crippen molar-refractivity contribution in [2.75, 3.05) is 0 Å². The Morgan fingerprint density at radius 3 is 2.40 bits per heavy atom. The number of sulfone groups is 1. The number of hydrogen-bond acceptors (Lipinski definition) is 10. The SMILES string of the molecule is CC(C)S(=O)(=O)c1c(-c2nc(-c3ccc(F)c(O)c3)no2)cc(O)c(O)c1[N+](=O)[O-]. The largest absolute Gasteiger partial charge is 0.505 e. The van der Waals surface area contributed by atoms with Gasteiger partial charge >= 0.3 is 5.69 Å². The average Bonchev–Trinajstić information content (AvgIpc) is 3.15. The topological polar surface area (TPSA) is 177 Å². The van der Waals surface area contributed by atoms with Gasteiger partial charge in [0.1, 0.15) is 0 Å². The van der Waals surface area contributed by atoms with Crippen LogP contribution in [0.5, 0.6) is 17.2 Å². The first-order valence-electron chi connectivity index (χ1n) is 8.25. The van der Waals surface area contributed by atoms with Gasteiger partial charge in [-0.25, -0.2) is 12.8 Å². The maximum Gasteiger partial charge on any atom is 0.334 e. The summed E-state index contributed by atoms with van der Waals surface area (Å²) in [6, 6.07) is 3.89. The number of nitro groups is 1. The Balaban J connectivity index is 2.30. The summed E-state index contributed by atoms with van der Waals surface area (Å²) in [6.45, 7) is 2.54. The minimum absolute atomic E-state index is 0.106. The molecule has 0 unspecified atom stereocenters. The summed E-state index contributed by atoms with van der Waals surface area (Å²) in [4.78, 5) is 13.4. The van der Waals surface area contributed by atoms with Gasteiger partial charge < -0.3 is 19.8 Å². The smallest absolute Gasteiger partial charge is 0.334 e. The molecule has 13 heteroatoms. The first-order chi connectivity index (χ1) is 13.9. The molecule has 2 aromatic carbocycles. The van der Waals surface area contributed by atoms with Gasteiger partial charge in [-0.2, -0.15) is 4.98 Å². The number of benzene rings is 2. The van der Waals surface area contributed by atoms with Crippen molar-refractivity contribution in [1.29, 1.82) is 0 Å². The molecule has 11 nitrogen and oxygen atoms in total. The summed E-state index contributed by atoms with van der Waals surface area (Å²) < 4.78 is 43.9. The lowest BCUT2D eigenvalue weighted by atomic mass is 10.1. The number of phenolic OH excluding ortho intramolecular Hbond substituents is 3. The van der Waals surface area contributed by atoms with Crippen LogP contribution in [0.4, 0.5) is 10.1 Å². The highest BCUT2D eigenvalue weighted by molar-refractivity contribution is 7.92. The molecule has 3 aromatic rings. The van der Waals surface area contributed by atoms with Crippen molar-refractivity contribution in [3.05, 3.63) is 40.2 Å². The minimum atomic E-state index is -4.37. The van der Waals surface area contributed by atoms with Gasteiger partial charge in [-0.1, -0.05) is 5.16 Å². The fourth-order valence-corrected chi connectivity index (χ4v) is 3.95. The zero-order chi connectivity index (χ0) is 22.4. The maximum absolute atomic E-state index is 13.3. The predicted molar refractivity (Wildman–Crippen MR) is 99.1 cm³/mol. The lowest BCUT2D eigenvalue weighted by Gasteiger charge is -2.13. The van der Waals surface area contributed by atoms with E-state index < -0.39 is 65.1 Å². The number of hydrogen-bond donors (Lipinski definition) is 3. The van der Waals surface area contributed by atoms with E-state index in [1.54, 1.807) is 0 Å². The zero-order valence-electron chi connectivity index (χ0n) is 15.4. The fourth-order valence-electron chi connectivity index (χ4n) is 2.58. The van der Waals surface area contributed by atoms with Crippen molar-refractivity contribution in [2.45, 2.75) is 24.0 Å². The van der Waals surface area contributed by atoms with Crippen LogP contribution in [0, 0.1) is 15.9 Å². The van der Waals surface area contributed by atoms with Crippen LogP contribution in [0.2, 0.25) is 0 Å². The number of phenols is 3. The second kappa shape index (κ2) is 7.26. The molecule has 0 saturated carbocycles. The van der Waals surface area contributed by atoms with E-state index >= 15 is 0 Å². The molecule has 0 spiro atoms. The molecule has 0 atom stereocenters. The molecule has 0 radical (unpaired) electrons. The van der Waals surface area contributed by atoms with Crippen LogP contribution in [0.1, 0.15) is 13.8 Å². The van der Waals surface area contributed by atoms with Gasteiger partial charge in [0.15, 0.2) is 32.0 Å². The number of nitrogens with zero attached hydrogens (tertiary/aromatic N) is 3. The second-order valence-corrected chi connectivity index (χ2v) is 8.85. The van der Waals surface area contributed by atoms with Crippen LogP contribution in [0.3, 0.4) is 0 Å². The molecule has 3 rings (SSSR count). The van der Waals surface area contributed by atoms with Gasteiger partial charge in [-0.15, -0.1) is 0 Å². The van der Waals surface area contributed by atoms with Crippen LogP contribution >= 0.6 is 0 Å². The highest BCUT2D eigenvalue weighted by atomic mass is 32.2. The summed E-state index contributed by atoms with van der Waals surface area (Å²) in [5.41, 5.74) is -1.64. The van der Waals surface area contributed by atoms with Gasteiger partial charge in [-0.3, -0.25) is 10.1 Å². The van der Waals surface area contributed by atoms with Crippen LogP contribution in [0.25, 0.3) is 22.8 Å². The van der Waals surface area contributed by atoms with Crippen molar-refractivity contribution in [1.82, 2.24) is 10.1 Å². The molecule has 0 amide bonds. The Bertz CT molecular complexity index is 1270. The Morgan fingerprint density at radius 2 is 1.83 bits per heavy atom. The molecule has 0 aliphatic carbocycles. The molecule has 0 bridgehead atoms. The molecule has 0 fully saturated rings. The molecule has 0 aliphatic rings. The Morgan fingerprint density at radius 1 is 1.17 bits per heavy atom. The molecule has 1 aromatic heterocycles. The number of aromatic hydroxyl groups is 3. The fraction of sp³-hybridized carbons (Fsp3) is 0.176. The third-order valence-corrected chi connectivity index (χ3v) is 6.38. The van der Waals surface area contributed by atoms with Gasteiger partial charge in [0.05, 0.1) is 15.7 Å². The van der Waals surface area contributed by atoms with Gasteiger partial charge in [-0.05, 0) is 38.1 Å². The van der Waals surface area contributed by atoms with Crippen molar-refractivity contribution in [2.24, 2.45) is 0 Å². The number of aromatic nitrogens is 2. The quantitative estimate of drug-likeness (QED) is 0.304. The summed E-state index contributed by atoms with van der Waals surface area (Å²) in [7, 11) is -4.37. The number of nitro benzene ring substituents is 1. The predicted octanol–water partition coefficient (Wildman–Crippen LogP) is 2.75. The standard InChI is InChI=1S/C17H14FN3O8S/c1-7(2)30(27,28)15-9(6-12(23)14(24)13(15)21(25)26)17-19-16(20-29-17)8-3-4-10(18)11(22)5-8/h3-7,22-24H,1-2H3. The molecular formula is C17H14FN3O8S. The van der Waals surface area contributed by atoms with E-state index in [9.17, 15) is 38.2 Å². The average molecular weight is 439 g/mol. The Labute approximate surface area is 168 Å². The van der Waals surface area contributed by atoms with Crippen LogP contribution in [-0.4, -0.2) is 44.1 Å². The number of rotatable bonds is 5. The molecule has 30 heavy (non-hydrogen) atoms. The molecule has 0 saturated heterocycles. The Hall–Kier alpha value is -3.74. The molecule has 158 valence electrons. The van der Waals surface area contributed by atoms with Crippen molar-refractivity contribution in [3.63, 3.8) is 0 Å². The summed E-state index contributed by atoms with van der Waals surface area (Å²) in [5, 5.41) is 43.3. The van der Waals surface area contributed by atoms with Crippen molar-refractivity contribution in [3.8, 4) is 40.1 Å². The number of halogens is 1. The summed E-state index contributed by atoms with van der Waals surface area (Å²) >= 11 is 0.